The van der Waals surface area contributed by atoms with Crippen molar-refractivity contribution in [3.05, 3.63) is 71.4 Å². The Morgan fingerprint density at radius 1 is 1.00 bits per heavy atom. The summed E-state index contributed by atoms with van der Waals surface area (Å²) in [6, 6.07) is 19.1. The van der Waals surface area contributed by atoms with Crippen LogP contribution in [-0.2, 0) is 13.0 Å². The number of aromatic nitrogens is 1. The van der Waals surface area contributed by atoms with E-state index in [0.717, 1.165) is 38.9 Å². The summed E-state index contributed by atoms with van der Waals surface area (Å²) < 4.78 is 0. The number of aromatic amines is 1. The summed E-state index contributed by atoms with van der Waals surface area (Å²) in [5, 5.41) is 11.4. The molecular formula is C23H28N2O. The minimum atomic E-state index is 0.0351. The first-order valence-corrected chi connectivity index (χ1v) is 9.62. The van der Waals surface area contributed by atoms with Crippen LogP contribution in [0.25, 0.3) is 10.9 Å². The number of benzene rings is 2. The number of rotatable bonds is 5. The van der Waals surface area contributed by atoms with Gasteiger partial charge in [0.05, 0.1) is 0 Å². The quantitative estimate of drug-likeness (QED) is 0.722. The molecule has 1 aliphatic heterocycles. The Morgan fingerprint density at radius 3 is 2.38 bits per heavy atom. The Bertz CT molecular complexity index is 860. The second-order valence-corrected chi connectivity index (χ2v) is 7.87. The molecule has 2 heterocycles. The first-order chi connectivity index (χ1) is 12.7. The van der Waals surface area contributed by atoms with E-state index in [4.69, 9.17) is 0 Å². The fourth-order valence-corrected chi connectivity index (χ4v) is 4.32. The zero-order valence-corrected chi connectivity index (χ0v) is 15.5. The standard InChI is InChI=1S/C23H28N2O/c1-18-20-9-5-6-10-21(20)24-22(18)16-25-13-11-23(17-26,12-14-25)15-19-7-3-2-4-8-19/h2-10,24,26H,11-17H2,1H3. The Balaban J connectivity index is 1.43. The fourth-order valence-electron chi connectivity index (χ4n) is 4.32. The molecule has 1 fully saturated rings. The van der Waals surface area contributed by atoms with Gasteiger partial charge in [-0.1, -0.05) is 48.5 Å². The molecule has 0 unspecified atom stereocenters. The summed E-state index contributed by atoms with van der Waals surface area (Å²) in [6.45, 7) is 5.55. The first-order valence-electron chi connectivity index (χ1n) is 9.62. The van der Waals surface area contributed by atoms with Crippen LogP contribution in [0.15, 0.2) is 54.6 Å². The molecule has 1 aromatic heterocycles. The largest absolute Gasteiger partial charge is 0.396 e. The Morgan fingerprint density at radius 2 is 1.69 bits per heavy atom. The van der Waals surface area contributed by atoms with E-state index in [-0.39, 0.29) is 12.0 Å². The van der Waals surface area contributed by atoms with E-state index < -0.39 is 0 Å². The van der Waals surface area contributed by atoms with Crippen LogP contribution >= 0.6 is 0 Å². The maximum atomic E-state index is 10.1. The third kappa shape index (κ3) is 3.42. The minimum absolute atomic E-state index is 0.0351. The average Bonchev–Trinajstić information content (AvgIpc) is 3.00. The molecule has 0 spiro atoms. The minimum Gasteiger partial charge on any atom is -0.396 e. The maximum Gasteiger partial charge on any atom is 0.0491 e. The molecule has 0 atom stereocenters. The molecule has 0 aliphatic carbocycles. The number of nitrogens with one attached hydrogen (secondary N) is 1. The number of H-pyrrole nitrogens is 1. The van der Waals surface area contributed by atoms with Crippen molar-refractivity contribution >= 4 is 10.9 Å². The van der Waals surface area contributed by atoms with Gasteiger partial charge in [-0.3, -0.25) is 4.90 Å². The predicted octanol–water partition coefficient (Wildman–Crippen LogP) is 4.29. The lowest BCUT2D eigenvalue weighted by molar-refractivity contribution is 0.0409. The topological polar surface area (TPSA) is 39.3 Å². The Kier molecular flexibility index (Phi) is 4.84. The average molecular weight is 348 g/mol. The van der Waals surface area contributed by atoms with Crippen molar-refractivity contribution < 1.29 is 5.11 Å². The number of piperidine rings is 1. The molecular weight excluding hydrogens is 320 g/mol. The highest BCUT2D eigenvalue weighted by Crippen LogP contribution is 2.35. The third-order valence-electron chi connectivity index (χ3n) is 6.13. The van der Waals surface area contributed by atoms with Crippen molar-refractivity contribution in [2.45, 2.75) is 32.7 Å². The zero-order valence-electron chi connectivity index (χ0n) is 15.5. The maximum absolute atomic E-state index is 10.1. The number of fused-ring (bicyclic) bond motifs is 1. The van der Waals surface area contributed by atoms with Crippen LogP contribution in [0.3, 0.4) is 0 Å². The summed E-state index contributed by atoms with van der Waals surface area (Å²) in [5.74, 6) is 0. The van der Waals surface area contributed by atoms with Gasteiger partial charge >= 0.3 is 0 Å². The molecule has 3 aromatic rings. The normalized spacial score (nSPS) is 17.6. The molecule has 2 N–H and O–H groups in total. The van der Waals surface area contributed by atoms with E-state index in [1.54, 1.807) is 0 Å². The van der Waals surface area contributed by atoms with Gasteiger partial charge in [0.2, 0.25) is 0 Å². The molecule has 3 nitrogen and oxygen atoms in total. The van der Waals surface area contributed by atoms with Crippen LogP contribution in [0.4, 0.5) is 0 Å². The van der Waals surface area contributed by atoms with Gasteiger partial charge < -0.3 is 10.1 Å². The van der Waals surface area contributed by atoms with Crippen LogP contribution in [0, 0.1) is 12.3 Å². The van der Waals surface area contributed by atoms with Gasteiger partial charge in [-0.05, 0) is 61.9 Å². The van der Waals surface area contributed by atoms with Crippen molar-refractivity contribution in [3.63, 3.8) is 0 Å². The second-order valence-electron chi connectivity index (χ2n) is 7.87. The lowest BCUT2D eigenvalue weighted by atomic mass is 9.74. The summed E-state index contributed by atoms with van der Waals surface area (Å²) >= 11 is 0. The van der Waals surface area contributed by atoms with Gasteiger partial charge in [0.25, 0.3) is 0 Å². The number of hydrogen-bond donors (Lipinski definition) is 2. The van der Waals surface area contributed by atoms with Crippen molar-refractivity contribution in [3.8, 4) is 0 Å². The van der Waals surface area contributed by atoms with Crippen molar-refractivity contribution in [2.24, 2.45) is 5.41 Å². The molecule has 0 amide bonds. The predicted molar refractivity (Wildman–Crippen MR) is 107 cm³/mol. The molecule has 0 bridgehead atoms. The molecule has 1 aliphatic rings. The van der Waals surface area contributed by atoms with E-state index in [9.17, 15) is 5.11 Å². The zero-order chi connectivity index (χ0) is 18.0. The monoisotopic (exact) mass is 348 g/mol. The van der Waals surface area contributed by atoms with E-state index >= 15 is 0 Å². The van der Waals surface area contributed by atoms with E-state index in [1.807, 2.05) is 0 Å². The SMILES string of the molecule is Cc1c(CN2CCC(CO)(Cc3ccccc3)CC2)[nH]c2ccccc12. The number of aryl methyl sites for hydroxylation is 1. The Hall–Kier alpha value is -2.10. The molecule has 136 valence electrons. The Labute approximate surface area is 155 Å². The van der Waals surface area contributed by atoms with Crippen molar-refractivity contribution in [2.75, 3.05) is 19.7 Å². The highest BCUT2D eigenvalue weighted by molar-refractivity contribution is 5.84. The van der Waals surface area contributed by atoms with Gasteiger partial charge in [-0.2, -0.15) is 0 Å². The van der Waals surface area contributed by atoms with Gasteiger partial charge in [-0.25, -0.2) is 0 Å². The van der Waals surface area contributed by atoms with Crippen LogP contribution in [0.5, 0.6) is 0 Å². The lowest BCUT2D eigenvalue weighted by Crippen LogP contribution is -2.43. The molecule has 4 rings (SSSR count). The summed E-state index contributed by atoms with van der Waals surface area (Å²) in [7, 11) is 0. The number of hydrogen-bond acceptors (Lipinski definition) is 2. The number of likely N-dealkylation sites (tertiary alicyclic amines) is 1. The highest BCUT2D eigenvalue weighted by Gasteiger charge is 2.34. The number of aliphatic hydroxyl groups is 1. The van der Waals surface area contributed by atoms with E-state index in [2.05, 4.69) is 71.4 Å². The van der Waals surface area contributed by atoms with Gasteiger partial charge in [0.15, 0.2) is 0 Å². The van der Waals surface area contributed by atoms with Crippen molar-refractivity contribution in [1.82, 2.24) is 9.88 Å². The van der Waals surface area contributed by atoms with Crippen LogP contribution in [0.2, 0.25) is 0 Å². The summed E-state index contributed by atoms with van der Waals surface area (Å²) in [5.41, 5.74) is 5.29. The van der Waals surface area contributed by atoms with Crippen LogP contribution in [-0.4, -0.2) is 34.7 Å². The second kappa shape index (κ2) is 7.26. The molecule has 2 aromatic carbocycles. The number of para-hydroxylation sites is 1. The van der Waals surface area contributed by atoms with Crippen molar-refractivity contribution in [1.29, 1.82) is 0 Å². The van der Waals surface area contributed by atoms with Gasteiger partial charge in [0, 0.05) is 29.7 Å². The van der Waals surface area contributed by atoms with E-state index in [1.165, 1.54) is 27.7 Å². The van der Waals surface area contributed by atoms with E-state index in [0.29, 0.717) is 0 Å². The first kappa shape index (κ1) is 17.3. The smallest absolute Gasteiger partial charge is 0.0491 e. The third-order valence-corrected chi connectivity index (χ3v) is 6.13. The number of nitrogens with zero attached hydrogens (tertiary/aromatic N) is 1. The van der Waals surface area contributed by atoms with Gasteiger partial charge in [-0.15, -0.1) is 0 Å². The van der Waals surface area contributed by atoms with Crippen LogP contribution < -0.4 is 0 Å². The molecule has 0 saturated carbocycles. The fraction of sp³-hybridized carbons (Fsp3) is 0.391. The lowest BCUT2D eigenvalue weighted by Gasteiger charge is -2.41. The molecule has 26 heavy (non-hydrogen) atoms. The summed E-state index contributed by atoms with van der Waals surface area (Å²) in [6.07, 6.45) is 3.08. The molecule has 1 saturated heterocycles. The van der Waals surface area contributed by atoms with Gasteiger partial charge in [0.1, 0.15) is 0 Å². The summed E-state index contributed by atoms with van der Waals surface area (Å²) in [4.78, 5) is 6.12. The van der Waals surface area contributed by atoms with Crippen LogP contribution in [0.1, 0.15) is 29.7 Å². The highest BCUT2D eigenvalue weighted by atomic mass is 16.3. The number of aliphatic hydroxyl groups excluding tert-OH is 1. The molecule has 0 radical (unpaired) electrons. The molecule has 3 heteroatoms.